The molecule has 0 radical (unpaired) electrons. The number of hydrogen-bond acceptors (Lipinski definition) is 2. The minimum Gasteiger partial charge on any atom is -0.877 e. The first-order valence-corrected chi connectivity index (χ1v) is 4.63. The predicted molar refractivity (Wildman–Crippen MR) is 57.3 cm³/mol. The minimum atomic E-state index is 0. The molecule has 0 fully saturated rings. The van der Waals surface area contributed by atoms with Gasteiger partial charge in [0.15, 0.2) is 0 Å². The van der Waals surface area contributed by atoms with E-state index in [-0.39, 0.29) is 22.8 Å². The summed E-state index contributed by atoms with van der Waals surface area (Å²) in [6, 6.07) is 0. The van der Waals surface area contributed by atoms with Gasteiger partial charge in [-0.05, 0) is 11.1 Å². The van der Waals surface area contributed by atoms with Crippen LogP contribution in [0.4, 0.5) is 0 Å². The summed E-state index contributed by atoms with van der Waals surface area (Å²) < 4.78 is 0. The molecule has 0 aromatic heterocycles. The Bertz CT molecular complexity index is 364. The average Bonchev–Trinajstić information content (AvgIpc) is 2.92. The van der Waals surface area contributed by atoms with Crippen molar-refractivity contribution in [2.75, 3.05) is 0 Å². The van der Waals surface area contributed by atoms with Crippen LogP contribution in [0.1, 0.15) is 6.92 Å². The van der Waals surface area contributed by atoms with Crippen molar-refractivity contribution in [3.8, 4) is 0 Å². The van der Waals surface area contributed by atoms with Crippen molar-refractivity contribution in [3.63, 3.8) is 0 Å². The summed E-state index contributed by atoms with van der Waals surface area (Å²) in [6.07, 6.45) is 15.4. The molecule has 3 heteroatoms. The molecule has 0 saturated heterocycles. The van der Waals surface area contributed by atoms with Crippen LogP contribution < -0.4 is 10.2 Å². The number of hydrogen-bond donors (Lipinski definition) is 0. The largest absolute Gasteiger partial charge is 2.00 e. The van der Waals surface area contributed by atoms with Crippen LogP contribution in [0.5, 0.6) is 0 Å². The maximum Gasteiger partial charge on any atom is 2.00 e. The average molecular weight is 256 g/mol. The topological polar surface area (TPSA) is 46.1 Å². The van der Waals surface area contributed by atoms with E-state index in [0.717, 1.165) is 17.4 Å². The Morgan fingerprint density at radius 1 is 1.00 bits per heavy atom. The molecule has 0 unspecified atom stereocenters. The van der Waals surface area contributed by atoms with Crippen LogP contribution in [0.15, 0.2) is 71.8 Å². The van der Waals surface area contributed by atoms with Crippen LogP contribution in [0.25, 0.3) is 0 Å². The van der Waals surface area contributed by atoms with Gasteiger partial charge < -0.3 is 10.2 Å². The fourth-order valence-electron chi connectivity index (χ4n) is 1.08. The summed E-state index contributed by atoms with van der Waals surface area (Å²) in [5.74, 6) is 0.134. The number of allylic oxidation sites excluding steroid dienone is 11. The van der Waals surface area contributed by atoms with Gasteiger partial charge in [0.1, 0.15) is 0 Å². The summed E-state index contributed by atoms with van der Waals surface area (Å²) >= 11 is 0. The van der Waals surface area contributed by atoms with E-state index in [1.54, 1.807) is 19.1 Å². The second kappa shape index (κ2) is 7.80. The molecule has 84 valence electrons. The molecule has 0 aromatic rings. The zero-order valence-corrected chi connectivity index (χ0v) is 9.97. The third-order valence-corrected chi connectivity index (χ3v) is 1.89. The Morgan fingerprint density at radius 2 is 1.44 bits per heavy atom. The zero-order valence-electron chi connectivity index (χ0n) is 8.87. The zero-order chi connectivity index (χ0) is 11.1. The van der Waals surface area contributed by atoms with Gasteiger partial charge in [-0.25, -0.2) is 0 Å². The van der Waals surface area contributed by atoms with Crippen LogP contribution in [0.2, 0.25) is 0 Å². The molecule has 2 nitrogen and oxygen atoms in total. The van der Waals surface area contributed by atoms with Crippen molar-refractivity contribution < 1.29 is 27.3 Å². The van der Waals surface area contributed by atoms with Gasteiger partial charge in [0.25, 0.3) is 0 Å². The molecule has 0 saturated carbocycles. The molecular weight excluding hydrogens is 244 g/mol. The van der Waals surface area contributed by atoms with E-state index in [9.17, 15) is 10.2 Å². The van der Waals surface area contributed by atoms with Gasteiger partial charge >= 0.3 is 17.1 Å². The van der Waals surface area contributed by atoms with Gasteiger partial charge in [-0.15, -0.1) is 12.0 Å². The van der Waals surface area contributed by atoms with Crippen LogP contribution in [-0.4, -0.2) is 0 Å². The van der Waals surface area contributed by atoms with Crippen molar-refractivity contribution in [2.24, 2.45) is 0 Å². The van der Waals surface area contributed by atoms with Crippen LogP contribution in [-0.2, 0) is 17.1 Å². The van der Waals surface area contributed by atoms with Crippen molar-refractivity contribution >= 4 is 0 Å². The first kappa shape index (κ1) is 14.6. The summed E-state index contributed by atoms with van der Waals surface area (Å²) in [7, 11) is 0. The Morgan fingerprint density at radius 3 is 1.69 bits per heavy atom. The second-order valence-electron chi connectivity index (χ2n) is 3.07. The molecule has 0 aromatic carbocycles. The molecule has 0 spiro atoms. The standard InChI is InChI=1S/C7H8O.C6H6O.Fe/c1-6(8)7-4-2-3-5-7;7-5-6-3-1-2-4-6;/h2-5,8H,1H3;1-5,7H;/q;;+2/p-2. The molecule has 0 atom stereocenters. The minimum absolute atomic E-state index is 0. The number of rotatable bonds is 0. The van der Waals surface area contributed by atoms with Crippen LogP contribution in [0, 0.1) is 0 Å². The fraction of sp³-hybridized carbons (Fsp3) is 0.0769. The van der Waals surface area contributed by atoms with Crippen molar-refractivity contribution in [2.45, 2.75) is 6.92 Å². The Balaban J connectivity index is 0.000000267. The maximum absolute atomic E-state index is 10.5. The quantitative estimate of drug-likeness (QED) is 0.481. The van der Waals surface area contributed by atoms with Crippen molar-refractivity contribution in [1.29, 1.82) is 0 Å². The van der Waals surface area contributed by atoms with Crippen molar-refractivity contribution in [3.05, 3.63) is 71.8 Å². The maximum atomic E-state index is 10.5. The van der Waals surface area contributed by atoms with E-state index in [0.29, 0.717) is 0 Å². The van der Waals surface area contributed by atoms with E-state index in [1.807, 2.05) is 36.5 Å². The third-order valence-electron chi connectivity index (χ3n) is 1.89. The SMILES string of the molecule is CC([O-])=C1C=CC=C1.[Fe+2].[O-]C=C1C=CC=C1. The summed E-state index contributed by atoms with van der Waals surface area (Å²) in [6.45, 7) is 1.56. The molecule has 0 heterocycles. The smallest absolute Gasteiger partial charge is 0.877 e. The van der Waals surface area contributed by atoms with Gasteiger partial charge in [-0.3, -0.25) is 0 Å². The van der Waals surface area contributed by atoms with E-state index in [1.165, 1.54) is 0 Å². The predicted octanol–water partition coefficient (Wildman–Crippen LogP) is 1.10. The van der Waals surface area contributed by atoms with Gasteiger partial charge in [0.2, 0.25) is 0 Å². The Kier molecular flexibility index (Phi) is 7.10. The van der Waals surface area contributed by atoms with Crippen LogP contribution >= 0.6 is 0 Å². The molecule has 0 amide bonds. The van der Waals surface area contributed by atoms with E-state index in [2.05, 4.69) is 0 Å². The van der Waals surface area contributed by atoms with Crippen molar-refractivity contribution in [1.82, 2.24) is 0 Å². The van der Waals surface area contributed by atoms with Gasteiger partial charge in [0, 0.05) is 0 Å². The second-order valence-corrected chi connectivity index (χ2v) is 3.07. The third kappa shape index (κ3) is 4.87. The molecule has 0 bridgehead atoms. The molecular formula is C13H12FeO2. The van der Waals surface area contributed by atoms with E-state index in [4.69, 9.17) is 0 Å². The normalized spacial score (nSPS) is 14.6. The molecule has 2 aliphatic rings. The van der Waals surface area contributed by atoms with Crippen LogP contribution in [0.3, 0.4) is 0 Å². The molecule has 2 aliphatic carbocycles. The monoisotopic (exact) mass is 256 g/mol. The molecule has 16 heavy (non-hydrogen) atoms. The van der Waals surface area contributed by atoms with Gasteiger partial charge in [-0.1, -0.05) is 55.5 Å². The molecule has 2 rings (SSSR count). The first-order valence-electron chi connectivity index (χ1n) is 4.63. The van der Waals surface area contributed by atoms with Gasteiger partial charge in [0.05, 0.1) is 0 Å². The summed E-state index contributed by atoms with van der Waals surface area (Å²) in [5.41, 5.74) is 1.55. The van der Waals surface area contributed by atoms with Gasteiger partial charge in [-0.2, -0.15) is 0 Å². The van der Waals surface area contributed by atoms with E-state index < -0.39 is 0 Å². The van der Waals surface area contributed by atoms with E-state index >= 15 is 0 Å². The fourth-order valence-corrected chi connectivity index (χ4v) is 1.08. The molecule has 0 N–H and O–H groups in total. The first-order chi connectivity index (χ1) is 7.24. The Hall–Kier alpha value is -1.44. The summed E-state index contributed by atoms with van der Waals surface area (Å²) in [4.78, 5) is 0. The summed E-state index contributed by atoms with van der Waals surface area (Å²) in [5, 5.41) is 20.4. The molecule has 0 aliphatic heterocycles. The Labute approximate surface area is 106 Å².